The van der Waals surface area contributed by atoms with Crippen molar-refractivity contribution in [3.63, 3.8) is 0 Å². The maximum absolute atomic E-state index is 7.56. The van der Waals surface area contributed by atoms with Crippen LogP contribution in [-0.4, -0.2) is 20.5 Å². The molecule has 0 aliphatic rings. The molecule has 4 rings (SSSR count). The molecule has 0 atom stereocenters. The Hall–Kier alpha value is -3.18. The van der Waals surface area contributed by atoms with Gasteiger partial charge in [-0.15, -0.1) is 0 Å². The molecule has 0 saturated carbocycles. The summed E-state index contributed by atoms with van der Waals surface area (Å²) in [5, 5.41) is 0. The second-order valence-electron chi connectivity index (χ2n) is 12.3. The molecule has 0 heterocycles. The summed E-state index contributed by atoms with van der Waals surface area (Å²) in [5.41, 5.74) is 7.73. The zero-order valence-corrected chi connectivity index (χ0v) is 28.0. The van der Waals surface area contributed by atoms with Gasteiger partial charge >= 0.3 is 7.32 Å². The van der Waals surface area contributed by atoms with Crippen molar-refractivity contribution in [3.05, 3.63) is 142 Å². The third-order valence-electron chi connectivity index (χ3n) is 8.91. The van der Waals surface area contributed by atoms with Crippen LogP contribution in [0.1, 0.15) is 97.4 Å². The summed E-state index contributed by atoms with van der Waals surface area (Å²) < 4.78 is 20.5. The van der Waals surface area contributed by atoms with Crippen molar-refractivity contribution in [2.24, 2.45) is 0 Å². The van der Waals surface area contributed by atoms with E-state index in [0.717, 1.165) is 43.2 Å². The molecule has 0 aliphatic carbocycles. The van der Waals surface area contributed by atoms with Gasteiger partial charge in [0.05, 0.1) is 5.41 Å². The smallest absolute Gasteiger partial charge is 0.386 e. The Morgan fingerprint density at radius 2 is 0.795 bits per heavy atom. The summed E-state index contributed by atoms with van der Waals surface area (Å²) in [6.45, 7) is 16.3. The Balaban J connectivity index is 2.13. The minimum absolute atomic E-state index is 0.569. The molecule has 0 bridgehead atoms. The number of unbranched alkanes of at least 4 members (excludes halogenated alkanes) is 2. The predicted octanol–water partition coefficient (Wildman–Crippen LogP) is 10.2. The summed E-state index contributed by atoms with van der Waals surface area (Å²) in [7, 11) is -0.850. The van der Waals surface area contributed by atoms with E-state index in [4.69, 9.17) is 14.0 Å². The molecule has 0 unspecified atom stereocenters. The molecule has 3 nitrogen and oxygen atoms in total. The van der Waals surface area contributed by atoms with Crippen LogP contribution in [0, 0.1) is 27.7 Å². The molecule has 0 spiro atoms. The molecule has 0 N–H and O–H groups in total. The van der Waals surface area contributed by atoms with Gasteiger partial charge in [-0.25, -0.2) is 0 Å². The molecule has 0 aromatic heterocycles. The fraction of sp³-hybridized carbons (Fsp3) is 0.400. The average molecular weight is 591 g/mol. The molecule has 4 aromatic carbocycles. The first-order chi connectivity index (χ1) is 21.3. The molecule has 0 saturated heterocycles. The van der Waals surface area contributed by atoms with Gasteiger partial charge in [0.2, 0.25) is 0 Å². The van der Waals surface area contributed by atoms with E-state index >= 15 is 0 Å². The van der Waals surface area contributed by atoms with Gasteiger partial charge in [0.1, 0.15) is 5.60 Å². The van der Waals surface area contributed by atoms with Crippen LogP contribution in [0.4, 0.5) is 0 Å². The van der Waals surface area contributed by atoms with E-state index in [1.165, 1.54) is 33.4 Å². The van der Waals surface area contributed by atoms with E-state index < -0.39 is 18.3 Å². The van der Waals surface area contributed by atoms with Crippen LogP contribution in [0.2, 0.25) is 0 Å². The van der Waals surface area contributed by atoms with Crippen molar-refractivity contribution in [2.45, 2.75) is 91.6 Å². The summed E-state index contributed by atoms with van der Waals surface area (Å²) in [6.07, 6.45) is 4.72. The highest BCUT2D eigenvalue weighted by molar-refractivity contribution is 6.36. The zero-order chi connectivity index (χ0) is 31.6. The number of hydrogen-bond acceptors (Lipinski definition) is 3. The van der Waals surface area contributed by atoms with E-state index in [1.807, 2.05) is 0 Å². The largest absolute Gasteiger partial charge is 0.640 e. The van der Waals surface area contributed by atoms with Crippen LogP contribution in [0.3, 0.4) is 0 Å². The highest BCUT2D eigenvalue weighted by Gasteiger charge is 2.58. The van der Waals surface area contributed by atoms with Crippen LogP contribution in [0.25, 0.3) is 0 Å². The number of benzene rings is 4. The number of aryl methyl sites for hydroxylation is 4. The fourth-order valence-corrected chi connectivity index (χ4v) is 6.29. The topological polar surface area (TPSA) is 27.7 Å². The van der Waals surface area contributed by atoms with Crippen molar-refractivity contribution in [1.82, 2.24) is 0 Å². The van der Waals surface area contributed by atoms with E-state index in [0.29, 0.717) is 13.2 Å². The Morgan fingerprint density at radius 3 is 1.09 bits per heavy atom. The standard InChI is InChI=1S/C40H51BO3/c1-8-11-29-42-41(43-30-12-9-2)44-40(37-25-17-33(6)18-26-37,38-27-19-34(7)20-28-38)39(10-3,35-21-13-31(4)14-22-35)36-23-15-32(5)16-24-36/h13-28H,8-12,29-30H2,1-7H3. The number of hydrogen-bond donors (Lipinski definition) is 0. The monoisotopic (exact) mass is 590 g/mol. The predicted molar refractivity (Wildman–Crippen MR) is 185 cm³/mol. The van der Waals surface area contributed by atoms with Crippen LogP contribution >= 0.6 is 0 Å². The molecule has 0 radical (unpaired) electrons. The minimum atomic E-state index is -1.00. The molecule has 0 aliphatic heterocycles. The normalized spacial score (nSPS) is 12.0. The second kappa shape index (κ2) is 15.7. The lowest BCUT2D eigenvalue weighted by molar-refractivity contribution is -0.0314. The van der Waals surface area contributed by atoms with Gasteiger partial charge in [-0.3, -0.25) is 0 Å². The first kappa shape index (κ1) is 33.7. The Bertz CT molecular complexity index is 1310. The lowest BCUT2D eigenvalue weighted by Crippen LogP contribution is -2.56. The van der Waals surface area contributed by atoms with Crippen molar-refractivity contribution in [2.75, 3.05) is 13.2 Å². The molecule has 232 valence electrons. The van der Waals surface area contributed by atoms with Crippen LogP contribution in [0.5, 0.6) is 0 Å². The Morgan fingerprint density at radius 1 is 0.477 bits per heavy atom. The summed E-state index contributed by atoms with van der Waals surface area (Å²) >= 11 is 0. The summed E-state index contributed by atoms with van der Waals surface area (Å²) in [6, 6.07) is 35.7. The van der Waals surface area contributed by atoms with Gasteiger partial charge in [-0.05, 0) is 69.2 Å². The van der Waals surface area contributed by atoms with Gasteiger partial charge in [-0.2, -0.15) is 0 Å². The van der Waals surface area contributed by atoms with Crippen molar-refractivity contribution < 1.29 is 14.0 Å². The first-order valence-electron chi connectivity index (χ1n) is 16.5. The lowest BCUT2D eigenvalue weighted by Gasteiger charge is -2.52. The average Bonchev–Trinajstić information content (AvgIpc) is 3.03. The third kappa shape index (κ3) is 7.20. The first-order valence-corrected chi connectivity index (χ1v) is 16.5. The van der Waals surface area contributed by atoms with Gasteiger partial charge in [-0.1, -0.05) is 153 Å². The molecule has 44 heavy (non-hydrogen) atoms. The van der Waals surface area contributed by atoms with E-state index in [2.05, 4.69) is 146 Å². The second-order valence-corrected chi connectivity index (χ2v) is 12.3. The van der Waals surface area contributed by atoms with Crippen LogP contribution in [0.15, 0.2) is 97.1 Å². The Labute approximate surface area is 267 Å². The maximum Gasteiger partial charge on any atom is 0.640 e. The zero-order valence-electron chi connectivity index (χ0n) is 28.0. The molecule has 4 heteroatoms. The number of rotatable bonds is 16. The van der Waals surface area contributed by atoms with Crippen molar-refractivity contribution >= 4 is 7.32 Å². The van der Waals surface area contributed by atoms with E-state index in [-0.39, 0.29) is 0 Å². The molecular formula is C40H51BO3. The molecule has 0 fully saturated rings. The van der Waals surface area contributed by atoms with Gasteiger partial charge < -0.3 is 14.0 Å². The quantitative estimate of drug-likeness (QED) is 0.0960. The Kier molecular flexibility index (Phi) is 12.0. The van der Waals surface area contributed by atoms with Crippen molar-refractivity contribution in [3.8, 4) is 0 Å². The highest BCUT2D eigenvalue weighted by Crippen LogP contribution is 2.56. The third-order valence-corrected chi connectivity index (χ3v) is 8.91. The minimum Gasteiger partial charge on any atom is -0.386 e. The van der Waals surface area contributed by atoms with Crippen molar-refractivity contribution in [1.29, 1.82) is 0 Å². The van der Waals surface area contributed by atoms with E-state index in [9.17, 15) is 0 Å². The van der Waals surface area contributed by atoms with Gasteiger partial charge in [0.25, 0.3) is 0 Å². The highest BCUT2D eigenvalue weighted by atomic mass is 16.7. The lowest BCUT2D eigenvalue weighted by atomic mass is 9.56. The van der Waals surface area contributed by atoms with Crippen LogP contribution in [-0.2, 0) is 25.0 Å². The van der Waals surface area contributed by atoms with Gasteiger partial charge in [0.15, 0.2) is 0 Å². The molecular weight excluding hydrogens is 539 g/mol. The van der Waals surface area contributed by atoms with Gasteiger partial charge in [0, 0.05) is 13.2 Å². The van der Waals surface area contributed by atoms with E-state index in [1.54, 1.807) is 0 Å². The fourth-order valence-electron chi connectivity index (χ4n) is 6.29. The molecule has 4 aromatic rings. The molecule has 0 amide bonds. The maximum atomic E-state index is 7.56. The van der Waals surface area contributed by atoms with Crippen LogP contribution < -0.4 is 0 Å². The summed E-state index contributed by atoms with van der Waals surface area (Å²) in [5.74, 6) is 0. The summed E-state index contributed by atoms with van der Waals surface area (Å²) in [4.78, 5) is 0. The SMILES string of the molecule is CCCCOB(OCCCC)OC(c1ccc(C)cc1)(c1ccc(C)cc1)C(CC)(c1ccc(C)cc1)c1ccc(C)cc1.